The van der Waals surface area contributed by atoms with E-state index < -0.39 is 13.8 Å². The summed E-state index contributed by atoms with van der Waals surface area (Å²) < 4.78 is 18.5. The highest BCUT2D eigenvalue weighted by Gasteiger charge is 2.66. The average Bonchev–Trinajstić information content (AvgIpc) is 2.60. The van der Waals surface area contributed by atoms with Gasteiger partial charge in [-0.15, -0.1) is 0 Å². The second kappa shape index (κ2) is 7.75. The topological polar surface area (TPSA) is 53.7 Å². The first kappa shape index (κ1) is 18.4. The summed E-state index contributed by atoms with van der Waals surface area (Å²) in [6.07, 6.45) is 9.96. The van der Waals surface area contributed by atoms with Crippen LogP contribution in [0.15, 0.2) is 0 Å². The molecule has 2 aliphatic rings. The summed E-state index contributed by atoms with van der Waals surface area (Å²) in [4.78, 5) is 0. The average molecular weight is 330 g/mol. The van der Waals surface area contributed by atoms with E-state index in [0.29, 0.717) is 11.8 Å². The van der Waals surface area contributed by atoms with Crippen molar-refractivity contribution in [2.45, 2.75) is 75.6 Å². The molecule has 130 valence electrons. The Labute approximate surface area is 137 Å². The third-order valence-corrected chi connectivity index (χ3v) is 10.8. The van der Waals surface area contributed by atoms with Crippen LogP contribution in [0.1, 0.15) is 58.3 Å². The fourth-order valence-corrected chi connectivity index (χ4v) is 9.59. The van der Waals surface area contributed by atoms with E-state index in [2.05, 4.69) is 6.92 Å². The predicted molar refractivity (Wildman–Crippen MR) is 91.9 cm³/mol. The molecule has 1 saturated carbocycles. The number of ether oxygens (including phenoxy) is 1. The van der Waals surface area contributed by atoms with Crippen LogP contribution >= 0.6 is 0 Å². The zero-order chi connectivity index (χ0) is 16.2. The van der Waals surface area contributed by atoms with Gasteiger partial charge < -0.3 is 19.3 Å². The lowest BCUT2D eigenvalue weighted by atomic mass is 9.73. The summed E-state index contributed by atoms with van der Waals surface area (Å²) in [6, 6.07) is 0.974. The van der Waals surface area contributed by atoms with E-state index in [1.54, 1.807) is 14.2 Å². The molecule has 2 N–H and O–H groups in total. The van der Waals surface area contributed by atoms with Crippen LogP contribution in [0.5, 0.6) is 0 Å². The maximum absolute atomic E-state index is 6.67. The molecule has 0 aromatic heterocycles. The molecule has 22 heavy (non-hydrogen) atoms. The van der Waals surface area contributed by atoms with E-state index in [0.717, 1.165) is 12.5 Å². The zero-order valence-corrected chi connectivity index (χ0v) is 15.9. The van der Waals surface area contributed by atoms with Crippen LogP contribution in [0.25, 0.3) is 0 Å². The molecule has 5 heteroatoms. The van der Waals surface area contributed by atoms with Crippen LogP contribution in [-0.4, -0.2) is 41.2 Å². The van der Waals surface area contributed by atoms with Gasteiger partial charge >= 0.3 is 8.56 Å². The summed E-state index contributed by atoms with van der Waals surface area (Å²) in [6.45, 7) is 2.16. The van der Waals surface area contributed by atoms with Gasteiger partial charge in [0.25, 0.3) is 0 Å². The van der Waals surface area contributed by atoms with Crippen molar-refractivity contribution in [1.29, 1.82) is 0 Å². The molecule has 0 radical (unpaired) electrons. The van der Waals surface area contributed by atoms with Gasteiger partial charge in [-0.05, 0) is 30.7 Å². The minimum absolute atomic E-state index is 0.0173. The van der Waals surface area contributed by atoms with Crippen LogP contribution in [0.3, 0.4) is 0 Å². The molecule has 1 heterocycles. The van der Waals surface area contributed by atoms with Crippen molar-refractivity contribution in [3.05, 3.63) is 0 Å². The molecule has 0 amide bonds. The van der Waals surface area contributed by atoms with E-state index in [1.807, 2.05) is 7.11 Å². The Morgan fingerprint density at radius 1 is 1.05 bits per heavy atom. The Morgan fingerprint density at radius 2 is 1.68 bits per heavy atom. The highest BCUT2D eigenvalue weighted by atomic mass is 28.4. The van der Waals surface area contributed by atoms with E-state index >= 15 is 0 Å². The summed E-state index contributed by atoms with van der Waals surface area (Å²) in [7, 11) is 2.94. The molecule has 2 fully saturated rings. The monoisotopic (exact) mass is 329 g/mol. The Balaban J connectivity index is 2.44. The van der Waals surface area contributed by atoms with E-state index in [-0.39, 0.29) is 6.04 Å². The lowest BCUT2D eigenvalue weighted by Crippen LogP contribution is -2.76. The highest BCUT2D eigenvalue weighted by molar-refractivity contribution is 6.71. The van der Waals surface area contributed by atoms with Gasteiger partial charge in [0.15, 0.2) is 0 Å². The van der Waals surface area contributed by atoms with Gasteiger partial charge in [-0.1, -0.05) is 45.4 Å². The molecule has 0 bridgehead atoms. The van der Waals surface area contributed by atoms with Crippen LogP contribution < -0.4 is 5.73 Å². The van der Waals surface area contributed by atoms with Crippen LogP contribution in [0.4, 0.5) is 0 Å². The second-order valence-corrected chi connectivity index (χ2v) is 10.7. The third kappa shape index (κ3) is 2.79. The quantitative estimate of drug-likeness (QED) is 0.759. The van der Waals surface area contributed by atoms with Crippen molar-refractivity contribution in [1.82, 2.24) is 0 Å². The SMILES string of the molecule is CCC(N)C1(OC)C(C2CCCCC2)CCC[Si]1(OC)OC. The molecule has 0 aromatic carbocycles. The maximum atomic E-state index is 6.67. The van der Waals surface area contributed by atoms with Crippen molar-refractivity contribution in [2.75, 3.05) is 21.3 Å². The summed E-state index contributed by atoms with van der Waals surface area (Å²) in [5, 5.41) is -0.411. The fraction of sp³-hybridized carbons (Fsp3) is 1.00. The molecule has 0 aromatic rings. The second-order valence-electron chi connectivity index (χ2n) is 7.07. The van der Waals surface area contributed by atoms with Gasteiger partial charge in [0.1, 0.15) is 5.22 Å². The first-order valence-electron chi connectivity index (χ1n) is 9.02. The predicted octanol–water partition coefficient (Wildman–Crippen LogP) is 3.37. The van der Waals surface area contributed by atoms with Crippen molar-refractivity contribution in [3.8, 4) is 0 Å². The Kier molecular flexibility index (Phi) is 6.48. The van der Waals surface area contributed by atoms with Gasteiger partial charge in [0.05, 0.1) is 0 Å². The summed E-state index contributed by atoms with van der Waals surface area (Å²) in [5.74, 6) is 1.19. The Bertz CT molecular complexity index is 345. The van der Waals surface area contributed by atoms with Crippen molar-refractivity contribution in [3.63, 3.8) is 0 Å². The zero-order valence-electron chi connectivity index (χ0n) is 14.9. The van der Waals surface area contributed by atoms with Crippen LogP contribution in [0, 0.1) is 11.8 Å². The number of rotatable bonds is 6. The minimum atomic E-state index is -2.49. The first-order chi connectivity index (χ1) is 10.6. The fourth-order valence-electron chi connectivity index (χ4n) is 5.29. The highest BCUT2D eigenvalue weighted by Crippen LogP contribution is 2.51. The van der Waals surface area contributed by atoms with Crippen molar-refractivity contribution in [2.24, 2.45) is 17.6 Å². The summed E-state index contributed by atoms with van der Waals surface area (Å²) >= 11 is 0. The van der Waals surface area contributed by atoms with E-state index in [1.165, 1.54) is 44.9 Å². The van der Waals surface area contributed by atoms with Crippen molar-refractivity contribution < 1.29 is 13.6 Å². The molecule has 0 spiro atoms. The molecular weight excluding hydrogens is 294 g/mol. The van der Waals surface area contributed by atoms with Crippen molar-refractivity contribution >= 4 is 8.56 Å². The normalized spacial score (nSPS) is 34.5. The number of hydrogen-bond acceptors (Lipinski definition) is 4. The van der Waals surface area contributed by atoms with E-state index in [4.69, 9.17) is 19.3 Å². The van der Waals surface area contributed by atoms with E-state index in [9.17, 15) is 0 Å². The number of methoxy groups -OCH3 is 1. The van der Waals surface area contributed by atoms with Gasteiger partial charge in [0.2, 0.25) is 0 Å². The van der Waals surface area contributed by atoms with Gasteiger partial charge in [-0.25, -0.2) is 0 Å². The largest absolute Gasteiger partial charge is 0.396 e. The van der Waals surface area contributed by atoms with Crippen LogP contribution in [0.2, 0.25) is 6.04 Å². The lowest BCUT2D eigenvalue weighted by Gasteiger charge is -2.57. The molecule has 3 atom stereocenters. The molecule has 2 rings (SSSR count). The molecule has 1 saturated heterocycles. The summed E-state index contributed by atoms with van der Waals surface area (Å²) in [5.41, 5.74) is 6.67. The Hall–Kier alpha value is 0.0569. The molecule has 4 nitrogen and oxygen atoms in total. The van der Waals surface area contributed by atoms with Gasteiger partial charge in [0, 0.05) is 27.4 Å². The standard InChI is InChI=1S/C17H35NO3Si/c1-5-16(18)17(19-2)15(14-10-7-6-8-11-14)12-9-13-22(17,20-3)21-4/h14-16H,5-13,18H2,1-4H3. The van der Waals surface area contributed by atoms with Gasteiger partial charge in [-0.3, -0.25) is 0 Å². The number of hydrogen-bond donors (Lipinski definition) is 1. The maximum Gasteiger partial charge on any atom is 0.372 e. The Morgan fingerprint density at radius 3 is 2.18 bits per heavy atom. The molecule has 1 aliphatic heterocycles. The first-order valence-corrected chi connectivity index (χ1v) is 11.0. The molecule has 3 unspecified atom stereocenters. The third-order valence-electron chi connectivity index (χ3n) is 6.37. The van der Waals surface area contributed by atoms with Gasteiger partial charge in [-0.2, -0.15) is 0 Å². The minimum Gasteiger partial charge on any atom is -0.396 e. The molecule has 1 aliphatic carbocycles. The molecular formula is C17H35NO3Si. The lowest BCUT2D eigenvalue weighted by molar-refractivity contribution is -0.0867. The van der Waals surface area contributed by atoms with Crippen LogP contribution in [-0.2, 0) is 13.6 Å². The smallest absolute Gasteiger partial charge is 0.372 e. The number of nitrogens with two attached hydrogens (primary N) is 1.